The van der Waals surface area contributed by atoms with E-state index in [1.165, 1.54) is 36.9 Å². The second kappa shape index (κ2) is 8.39. The Hall–Kier alpha value is -1.74. The first-order chi connectivity index (χ1) is 11.5. The summed E-state index contributed by atoms with van der Waals surface area (Å²) in [4.78, 5) is 25.5. The Balaban J connectivity index is 2.18. The van der Waals surface area contributed by atoms with Crippen LogP contribution in [0.25, 0.3) is 0 Å². The summed E-state index contributed by atoms with van der Waals surface area (Å²) < 4.78 is 9.39. The number of aryl methyl sites for hydroxylation is 2. The van der Waals surface area contributed by atoms with Crippen molar-refractivity contribution in [3.05, 3.63) is 42.8 Å². The number of ether oxygens (including phenoxy) is 2. The van der Waals surface area contributed by atoms with E-state index in [1.54, 1.807) is 12.1 Å². The highest BCUT2D eigenvalue weighted by molar-refractivity contribution is 7.14. The van der Waals surface area contributed by atoms with Crippen molar-refractivity contribution in [2.45, 2.75) is 26.1 Å². The summed E-state index contributed by atoms with van der Waals surface area (Å²) in [7, 11) is 2.63. The predicted molar refractivity (Wildman–Crippen MR) is 90.6 cm³/mol. The Kier molecular flexibility index (Phi) is 6.50. The maximum Gasteiger partial charge on any atom is 0.348 e. The van der Waals surface area contributed by atoms with Crippen LogP contribution in [0.4, 0.5) is 0 Å². The van der Waals surface area contributed by atoms with Crippen LogP contribution >= 0.6 is 22.7 Å². The SMILES string of the molecule is COC(=O)c1cc(CCc2cc(C(=O)OC)sc2CO)c(CO)s1. The van der Waals surface area contributed by atoms with Gasteiger partial charge in [0, 0.05) is 9.75 Å². The second-order valence-electron chi connectivity index (χ2n) is 4.92. The molecule has 0 aliphatic carbocycles. The molecule has 2 heterocycles. The molecular weight excluding hydrogens is 352 g/mol. The number of aliphatic hydroxyl groups excluding tert-OH is 2. The number of hydrogen-bond acceptors (Lipinski definition) is 8. The molecule has 0 saturated heterocycles. The molecule has 0 fully saturated rings. The lowest BCUT2D eigenvalue weighted by molar-refractivity contribution is 0.0597. The van der Waals surface area contributed by atoms with Gasteiger partial charge in [0.1, 0.15) is 9.75 Å². The molecule has 0 radical (unpaired) electrons. The van der Waals surface area contributed by atoms with Crippen LogP contribution in [-0.4, -0.2) is 36.4 Å². The molecule has 0 unspecified atom stereocenters. The summed E-state index contributed by atoms with van der Waals surface area (Å²) >= 11 is 2.41. The molecule has 2 aromatic heterocycles. The zero-order valence-corrected chi connectivity index (χ0v) is 15.0. The second-order valence-corrected chi connectivity index (χ2v) is 7.19. The molecule has 0 aromatic carbocycles. The van der Waals surface area contributed by atoms with Gasteiger partial charge in [-0.15, -0.1) is 22.7 Å². The normalized spacial score (nSPS) is 10.7. The fourth-order valence-corrected chi connectivity index (χ4v) is 4.28. The van der Waals surface area contributed by atoms with Gasteiger partial charge < -0.3 is 19.7 Å². The van der Waals surface area contributed by atoms with Gasteiger partial charge in [-0.3, -0.25) is 0 Å². The minimum Gasteiger partial charge on any atom is -0.465 e. The molecule has 0 bridgehead atoms. The van der Waals surface area contributed by atoms with Crippen LogP contribution in [0.5, 0.6) is 0 Å². The van der Waals surface area contributed by atoms with Crippen molar-refractivity contribution in [1.29, 1.82) is 0 Å². The minimum absolute atomic E-state index is 0.152. The van der Waals surface area contributed by atoms with E-state index >= 15 is 0 Å². The number of carbonyl (C=O) groups excluding carboxylic acids is 2. The van der Waals surface area contributed by atoms with E-state index in [2.05, 4.69) is 0 Å². The van der Waals surface area contributed by atoms with Crippen molar-refractivity contribution in [1.82, 2.24) is 0 Å². The number of esters is 2. The van der Waals surface area contributed by atoms with Crippen LogP contribution in [0.3, 0.4) is 0 Å². The van der Waals surface area contributed by atoms with Gasteiger partial charge in [-0.2, -0.15) is 0 Å². The molecule has 0 atom stereocenters. The predicted octanol–water partition coefficient (Wildman–Crippen LogP) is 2.15. The number of hydrogen-bond donors (Lipinski definition) is 2. The van der Waals surface area contributed by atoms with Crippen LogP contribution in [0, 0.1) is 0 Å². The zero-order chi connectivity index (χ0) is 17.7. The maximum absolute atomic E-state index is 11.6. The van der Waals surface area contributed by atoms with Gasteiger partial charge in [-0.05, 0) is 36.1 Å². The molecule has 6 nitrogen and oxygen atoms in total. The van der Waals surface area contributed by atoms with Gasteiger partial charge in [-0.1, -0.05) is 0 Å². The van der Waals surface area contributed by atoms with E-state index < -0.39 is 11.9 Å². The summed E-state index contributed by atoms with van der Waals surface area (Å²) in [5.74, 6) is -0.860. The third-order valence-electron chi connectivity index (χ3n) is 3.52. The van der Waals surface area contributed by atoms with Crippen molar-refractivity contribution in [3.63, 3.8) is 0 Å². The highest BCUT2D eigenvalue weighted by Crippen LogP contribution is 2.28. The summed E-state index contributed by atoms with van der Waals surface area (Å²) in [6.07, 6.45) is 1.15. The van der Waals surface area contributed by atoms with Crippen molar-refractivity contribution >= 4 is 34.6 Å². The molecule has 0 spiro atoms. The standard InChI is InChI=1S/C16H18O6S2/c1-21-15(19)11-5-9(13(7-17)23-11)3-4-10-6-12(16(20)22-2)24-14(10)8-18/h5-6,17-18H,3-4,7-8H2,1-2H3. The molecular formula is C16H18O6S2. The van der Waals surface area contributed by atoms with Crippen LogP contribution in [0.2, 0.25) is 0 Å². The Bertz CT molecular complexity index is 669. The van der Waals surface area contributed by atoms with Gasteiger partial charge in [-0.25, -0.2) is 9.59 Å². The van der Waals surface area contributed by atoms with Gasteiger partial charge >= 0.3 is 11.9 Å². The zero-order valence-electron chi connectivity index (χ0n) is 13.3. The Morgan fingerprint density at radius 1 is 0.875 bits per heavy atom. The van der Waals surface area contributed by atoms with Gasteiger partial charge in [0.05, 0.1) is 27.4 Å². The average Bonchev–Trinajstić information content (AvgIpc) is 3.21. The van der Waals surface area contributed by atoms with Gasteiger partial charge in [0.15, 0.2) is 0 Å². The molecule has 8 heteroatoms. The molecule has 2 rings (SSSR count). The van der Waals surface area contributed by atoms with Gasteiger partial charge in [0.2, 0.25) is 0 Å². The fourth-order valence-electron chi connectivity index (χ4n) is 2.30. The maximum atomic E-state index is 11.6. The van der Waals surface area contributed by atoms with E-state index in [1.807, 2.05) is 0 Å². The molecule has 2 aromatic rings. The molecule has 130 valence electrons. The van der Waals surface area contributed by atoms with E-state index in [9.17, 15) is 19.8 Å². The molecule has 0 saturated carbocycles. The molecule has 0 amide bonds. The number of rotatable bonds is 7. The van der Waals surface area contributed by atoms with E-state index in [0.29, 0.717) is 32.4 Å². The highest BCUT2D eigenvalue weighted by Gasteiger charge is 2.17. The number of carbonyl (C=O) groups is 2. The third kappa shape index (κ3) is 4.02. The van der Waals surface area contributed by atoms with E-state index in [0.717, 1.165) is 11.1 Å². The summed E-state index contributed by atoms with van der Waals surface area (Å²) in [6, 6.07) is 3.43. The first-order valence-corrected chi connectivity index (χ1v) is 8.78. The number of thiophene rings is 2. The first-order valence-electron chi connectivity index (χ1n) is 7.15. The quantitative estimate of drug-likeness (QED) is 0.726. The van der Waals surface area contributed by atoms with E-state index in [4.69, 9.17) is 9.47 Å². The van der Waals surface area contributed by atoms with Crippen molar-refractivity contribution < 1.29 is 29.3 Å². The lowest BCUT2D eigenvalue weighted by atomic mass is 10.0. The summed E-state index contributed by atoms with van der Waals surface area (Å²) in [6.45, 7) is -0.304. The molecule has 0 aliphatic rings. The van der Waals surface area contributed by atoms with Crippen LogP contribution in [-0.2, 0) is 35.5 Å². The third-order valence-corrected chi connectivity index (χ3v) is 5.80. The Labute approximate surface area is 147 Å². The highest BCUT2D eigenvalue weighted by atomic mass is 32.1. The monoisotopic (exact) mass is 370 g/mol. The van der Waals surface area contributed by atoms with Crippen LogP contribution < -0.4 is 0 Å². The van der Waals surface area contributed by atoms with E-state index in [-0.39, 0.29) is 13.2 Å². The van der Waals surface area contributed by atoms with Crippen LogP contribution in [0.1, 0.15) is 40.2 Å². The summed E-state index contributed by atoms with van der Waals surface area (Å²) in [5, 5.41) is 18.9. The smallest absolute Gasteiger partial charge is 0.348 e. The van der Waals surface area contributed by atoms with Crippen molar-refractivity contribution in [2.24, 2.45) is 0 Å². The Morgan fingerprint density at radius 3 is 1.54 bits per heavy atom. The topological polar surface area (TPSA) is 93.1 Å². The number of methoxy groups -OCH3 is 2. The molecule has 2 N–H and O–H groups in total. The molecule has 0 aliphatic heterocycles. The first kappa shape index (κ1) is 18.6. The minimum atomic E-state index is -0.430. The largest absolute Gasteiger partial charge is 0.465 e. The van der Waals surface area contributed by atoms with Crippen molar-refractivity contribution in [3.8, 4) is 0 Å². The van der Waals surface area contributed by atoms with Crippen molar-refractivity contribution in [2.75, 3.05) is 14.2 Å². The Morgan fingerprint density at radius 2 is 1.25 bits per heavy atom. The molecule has 24 heavy (non-hydrogen) atoms. The van der Waals surface area contributed by atoms with Gasteiger partial charge in [0.25, 0.3) is 0 Å². The number of aliphatic hydroxyl groups is 2. The lowest BCUT2D eigenvalue weighted by Crippen LogP contribution is -1.98. The fraction of sp³-hybridized carbons (Fsp3) is 0.375. The summed E-state index contributed by atoms with van der Waals surface area (Å²) in [5.41, 5.74) is 1.72. The van der Waals surface area contributed by atoms with Crippen LogP contribution in [0.15, 0.2) is 12.1 Å². The average molecular weight is 370 g/mol. The lowest BCUT2D eigenvalue weighted by Gasteiger charge is -2.02.